The predicted octanol–water partition coefficient (Wildman–Crippen LogP) is 5.91. The number of hydrogen-bond acceptors (Lipinski definition) is 6. The molecule has 1 amide bonds. The number of aromatic amines is 1. The van der Waals surface area contributed by atoms with E-state index in [0.717, 1.165) is 16.1 Å². The second-order valence-corrected chi connectivity index (χ2v) is 12.1. The molecule has 0 saturated carbocycles. The van der Waals surface area contributed by atoms with Gasteiger partial charge in [0.25, 0.3) is 5.91 Å². The van der Waals surface area contributed by atoms with Crippen LogP contribution in [0.4, 0.5) is 10.1 Å². The van der Waals surface area contributed by atoms with Crippen molar-refractivity contribution in [2.75, 3.05) is 24.7 Å². The fourth-order valence-corrected chi connectivity index (χ4v) is 5.47. The number of carbonyl (C=O) groups is 1. The van der Waals surface area contributed by atoms with Crippen molar-refractivity contribution in [2.24, 2.45) is 0 Å². The molecule has 0 radical (unpaired) electrons. The maximum absolute atomic E-state index is 14.4. The molecule has 11 heteroatoms. The molecular weight excluding hydrogens is 557 g/mol. The van der Waals surface area contributed by atoms with Gasteiger partial charge in [0.15, 0.2) is 0 Å². The number of carbonyl (C=O) groups excluding carboxylic acids is 1. The quantitative estimate of drug-likeness (QED) is 0.252. The number of halogens is 1. The van der Waals surface area contributed by atoms with Crippen LogP contribution in [0.3, 0.4) is 0 Å². The van der Waals surface area contributed by atoms with Gasteiger partial charge in [-0.1, -0.05) is 35.9 Å². The van der Waals surface area contributed by atoms with Gasteiger partial charge < -0.3 is 14.7 Å². The average molecular weight is 584 g/mol. The van der Waals surface area contributed by atoms with E-state index in [-0.39, 0.29) is 11.7 Å². The van der Waals surface area contributed by atoms with Crippen LogP contribution < -0.4 is 9.62 Å². The van der Waals surface area contributed by atoms with E-state index in [1.54, 1.807) is 36.4 Å². The first kappa shape index (κ1) is 27.2. The van der Waals surface area contributed by atoms with Gasteiger partial charge in [-0.15, -0.1) is 5.10 Å². The van der Waals surface area contributed by atoms with Crippen LogP contribution in [0.15, 0.2) is 77.3 Å². The van der Waals surface area contributed by atoms with Crippen LogP contribution in [0.1, 0.15) is 15.9 Å². The molecule has 0 atom stereocenters. The third-order valence-electron chi connectivity index (χ3n) is 7.26. The maximum Gasteiger partial charge on any atom is 0.255 e. The molecule has 3 aromatic heterocycles. The lowest BCUT2D eigenvalue weighted by atomic mass is 9.98. The van der Waals surface area contributed by atoms with Gasteiger partial charge in [-0.25, -0.2) is 12.8 Å². The summed E-state index contributed by atoms with van der Waals surface area (Å²) in [4.78, 5) is 16.4. The smallest absolute Gasteiger partial charge is 0.255 e. The number of H-pyrrole nitrogens is 1. The Morgan fingerprint density at radius 3 is 2.48 bits per heavy atom. The number of anilines is 1. The Bertz CT molecular complexity index is 2120. The molecule has 0 aliphatic heterocycles. The first-order valence-electron chi connectivity index (χ1n) is 13.0. The monoisotopic (exact) mass is 583 g/mol. The predicted molar refractivity (Wildman–Crippen MR) is 161 cm³/mol. The van der Waals surface area contributed by atoms with Crippen LogP contribution >= 0.6 is 0 Å². The van der Waals surface area contributed by atoms with Crippen LogP contribution in [0.25, 0.3) is 55.7 Å². The molecule has 0 saturated heterocycles. The van der Waals surface area contributed by atoms with Gasteiger partial charge in [0.05, 0.1) is 29.4 Å². The lowest BCUT2D eigenvalue weighted by Gasteiger charge is -2.20. The van der Waals surface area contributed by atoms with Crippen molar-refractivity contribution >= 4 is 43.5 Å². The number of furan rings is 1. The second kappa shape index (κ2) is 10.1. The number of hydrogen-bond donors (Lipinski definition) is 2. The normalized spacial score (nSPS) is 11.7. The van der Waals surface area contributed by atoms with Gasteiger partial charge in [-0.3, -0.25) is 9.10 Å². The molecular formula is C31H26FN5O4S. The van der Waals surface area contributed by atoms with Crippen molar-refractivity contribution in [3.8, 4) is 33.8 Å². The van der Waals surface area contributed by atoms with Gasteiger partial charge in [-0.05, 0) is 37.3 Å². The maximum atomic E-state index is 14.4. The average Bonchev–Trinajstić information content (AvgIpc) is 3.58. The van der Waals surface area contributed by atoms with E-state index in [2.05, 4.69) is 20.5 Å². The molecule has 6 aromatic rings. The summed E-state index contributed by atoms with van der Waals surface area (Å²) in [6.45, 7) is 1.96. The number of amides is 1. The lowest BCUT2D eigenvalue weighted by molar-refractivity contribution is 0.0964. The summed E-state index contributed by atoms with van der Waals surface area (Å²) in [6, 6.07) is 19.0. The van der Waals surface area contributed by atoms with E-state index in [9.17, 15) is 17.6 Å². The zero-order valence-corrected chi connectivity index (χ0v) is 24.0. The zero-order chi connectivity index (χ0) is 29.8. The molecule has 0 aliphatic rings. The van der Waals surface area contributed by atoms with E-state index >= 15 is 0 Å². The van der Waals surface area contributed by atoms with Crippen molar-refractivity contribution in [1.29, 1.82) is 0 Å². The molecule has 2 N–H and O–H groups in total. The Hall–Kier alpha value is -5.03. The largest absolute Gasteiger partial charge is 0.455 e. The van der Waals surface area contributed by atoms with Crippen molar-refractivity contribution in [3.05, 3.63) is 89.9 Å². The lowest BCUT2D eigenvalue weighted by Crippen LogP contribution is -2.25. The van der Waals surface area contributed by atoms with Gasteiger partial charge in [0, 0.05) is 53.1 Å². The molecule has 0 bridgehead atoms. The Morgan fingerprint density at radius 2 is 1.79 bits per heavy atom. The van der Waals surface area contributed by atoms with Gasteiger partial charge in [0.2, 0.25) is 10.0 Å². The summed E-state index contributed by atoms with van der Waals surface area (Å²) in [5.74, 6) is -0.357. The molecule has 42 heavy (non-hydrogen) atoms. The fraction of sp³-hybridized carbons (Fsp3) is 0.129. The van der Waals surface area contributed by atoms with Crippen LogP contribution in [0, 0.1) is 12.7 Å². The molecule has 6 rings (SSSR count). The van der Waals surface area contributed by atoms with Gasteiger partial charge in [-0.2, -0.15) is 5.10 Å². The Morgan fingerprint density at radius 1 is 1.02 bits per heavy atom. The Kier molecular flexibility index (Phi) is 6.53. The minimum absolute atomic E-state index is 0.319. The van der Waals surface area contributed by atoms with Gasteiger partial charge >= 0.3 is 0 Å². The highest BCUT2D eigenvalue weighted by Gasteiger charge is 2.26. The van der Waals surface area contributed by atoms with E-state index in [1.165, 1.54) is 26.4 Å². The molecule has 3 heterocycles. The minimum atomic E-state index is -3.69. The van der Waals surface area contributed by atoms with E-state index in [1.807, 2.05) is 31.2 Å². The number of benzene rings is 3. The highest BCUT2D eigenvalue weighted by atomic mass is 32.2. The van der Waals surface area contributed by atoms with Crippen molar-refractivity contribution < 1.29 is 22.0 Å². The number of nitrogens with zero attached hydrogens (tertiary/aromatic N) is 3. The third kappa shape index (κ3) is 4.67. The standard InChI is InChI=1S/C31H26FN5O4S/c1-17-8-10-18(11-9-17)30-29(31(38)33-2)22-13-20(27(15-28(22)41-30)37(3)42(4,39)40)19-12-26(36-34-16-19)25-14-21-23(32)6-5-7-24(21)35-25/h5-16,35H,1-4H3,(H,33,38). The molecule has 3 aromatic carbocycles. The number of aromatic nitrogens is 3. The number of aryl methyl sites for hydroxylation is 1. The Balaban J connectivity index is 1.60. The minimum Gasteiger partial charge on any atom is -0.455 e. The van der Waals surface area contributed by atoms with Crippen LogP contribution in [0.5, 0.6) is 0 Å². The highest BCUT2D eigenvalue weighted by Crippen LogP contribution is 2.41. The molecule has 0 unspecified atom stereocenters. The highest BCUT2D eigenvalue weighted by molar-refractivity contribution is 7.92. The molecule has 9 nitrogen and oxygen atoms in total. The van der Waals surface area contributed by atoms with Crippen molar-refractivity contribution in [3.63, 3.8) is 0 Å². The van der Waals surface area contributed by atoms with Crippen LogP contribution in [-0.4, -0.2) is 49.9 Å². The fourth-order valence-electron chi connectivity index (χ4n) is 4.96. The Labute approximate surface area is 241 Å². The zero-order valence-electron chi connectivity index (χ0n) is 23.2. The number of sulfonamides is 1. The summed E-state index contributed by atoms with van der Waals surface area (Å²) >= 11 is 0. The SMILES string of the molecule is CNC(=O)c1c(-c2ccc(C)cc2)oc2cc(N(C)S(C)(=O)=O)c(-c3cnnc(-c4cc5c(F)cccc5[nH]4)c3)cc12. The van der Waals surface area contributed by atoms with E-state index in [0.29, 0.717) is 67.0 Å². The summed E-state index contributed by atoms with van der Waals surface area (Å²) < 4.78 is 47.2. The first-order chi connectivity index (χ1) is 20.0. The van der Waals surface area contributed by atoms with Crippen LogP contribution in [0.2, 0.25) is 0 Å². The van der Waals surface area contributed by atoms with E-state index < -0.39 is 10.0 Å². The van der Waals surface area contributed by atoms with Crippen molar-refractivity contribution in [1.82, 2.24) is 20.5 Å². The first-order valence-corrected chi connectivity index (χ1v) is 14.8. The third-order valence-corrected chi connectivity index (χ3v) is 8.45. The molecule has 0 fully saturated rings. The molecule has 0 spiro atoms. The van der Waals surface area contributed by atoms with Crippen molar-refractivity contribution in [2.45, 2.75) is 6.92 Å². The topological polar surface area (TPSA) is 121 Å². The number of rotatable bonds is 6. The summed E-state index contributed by atoms with van der Waals surface area (Å²) in [6.07, 6.45) is 2.61. The van der Waals surface area contributed by atoms with Gasteiger partial charge in [0.1, 0.15) is 22.9 Å². The summed E-state index contributed by atoms with van der Waals surface area (Å²) in [5, 5.41) is 12.0. The molecule has 212 valence electrons. The summed E-state index contributed by atoms with van der Waals surface area (Å²) in [7, 11) is -0.711. The number of nitrogens with one attached hydrogen (secondary N) is 2. The van der Waals surface area contributed by atoms with Crippen LogP contribution in [-0.2, 0) is 10.0 Å². The number of fused-ring (bicyclic) bond motifs is 2. The van der Waals surface area contributed by atoms with E-state index in [4.69, 9.17) is 4.42 Å². The second-order valence-electron chi connectivity index (χ2n) is 10.1. The molecule has 0 aliphatic carbocycles. The summed E-state index contributed by atoms with van der Waals surface area (Å²) in [5.41, 5.74) is 5.32.